The van der Waals surface area contributed by atoms with E-state index in [1.54, 1.807) is 0 Å². The molecule has 3 aromatic carbocycles. The van der Waals surface area contributed by atoms with Crippen LogP contribution in [-0.4, -0.2) is 5.78 Å². The molecule has 3 aromatic rings. The standard InChI is InChI=1S/C23H18O/c24-23-19-8-2-1-7-16(19)21-17-11-12-18(22(21)23)15-10-4-6-13-5-3-9-14(17)20(13)15/h1-10,17-18,21-22H,11-12H2. The van der Waals surface area contributed by atoms with Gasteiger partial charge in [-0.2, -0.15) is 0 Å². The minimum absolute atomic E-state index is 0.138. The van der Waals surface area contributed by atoms with Crippen molar-refractivity contribution in [3.05, 3.63) is 82.9 Å². The molecule has 24 heavy (non-hydrogen) atoms. The number of hydrogen-bond donors (Lipinski definition) is 0. The second-order valence-electron chi connectivity index (χ2n) is 7.59. The fraction of sp³-hybridized carbons (Fsp3) is 0.261. The Labute approximate surface area is 141 Å². The van der Waals surface area contributed by atoms with Gasteiger partial charge in [-0.3, -0.25) is 4.79 Å². The summed E-state index contributed by atoms with van der Waals surface area (Å²) in [5.41, 5.74) is 5.17. The molecule has 0 N–H and O–H groups in total. The van der Waals surface area contributed by atoms with Crippen molar-refractivity contribution in [2.75, 3.05) is 0 Å². The van der Waals surface area contributed by atoms with Crippen LogP contribution in [0.4, 0.5) is 0 Å². The highest BCUT2D eigenvalue weighted by Crippen LogP contribution is 2.61. The molecule has 0 aliphatic heterocycles. The molecule has 2 bridgehead atoms. The molecule has 3 aliphatic rings. The van der Waals surface area contributed by atoms with Crippen LogP contribution in [0.1, 0.15) is 57.6 Å². The van der Waals surface area contributed by atoms with Crippen molar-refractivity contribution >= 4 is 16.6 Å². The first kappa shape index (κ1) is 12.9. The van der Waals surface area contributed by atoms with Gasteiger partial charge in [0, 0.05) is 17.4 Å². The van der Waals surface area contributed by atoms with Crippen molar-refractivity contribution in [2.24, 2.45) is 5.92 Å². The molecule has 1 nitrogen and oxygen atoms in total. The summed E-state index contributed by atoms with van der Waals surface area (Å²) in [5.74, 6) is 1.74. The highest BCUT2D eigenvalue weighted by Gasteiger charge is 2.52. The smallest absolute Gasteiger partial charge is 0.167 e. The summed E-state index contributed by atoms with van der Waals surface area (Å²) in [7, 11) is 0. The molecule has 4 atom stereocenters. The lowest BCUT2D eigenvalue weighted by Crippen LogP contribution is -2.29. The van der Waals surface area contributed by atoms with Crippen LogP contribution in [0.5, 0.6) is 0 Å². The fourth-order valence-corrected chi connectivity index (χ4v) is 5.88. The van der Waals surface area contributed by atoms with E-state index < -0.39 is 0 Å². The van der Waals surface area contributed by atoms with Crippen LogP contribution in [0.15, 0.2) is 60.7 Å². The SMILES string of the molecule is O=C1c2ccccc2C2C3CCC(c4cccc5cccc3c45)C12. The van der Waals surface area contributed by atoms with Crippen molar-refractivity contribution in [3.8, 4) is 0 Å². The van der Waals surface area contributed by atoms with Gasteiger partial charge in [0.2, 0.25) is 0 Å². The lowest BCUT2D eigenvalue weighted by molar-refractivity contribution is 0.0866. The van der Waals surface area contributed by atoms with E-state index >= 15 is 0 Å². The average Bonchev–Trinajstić information content (AvgIpc) is 2.77. The Balaban J connectivity index is 1.72. The predicted molar refractivity (Wildman–Crippen MR) is 95.7 cm³/mol. The molecule has 116 valence electrons. The minimum atomic E-state index is 0.138. The third kappa shape index (κ3) is 1.40. The summed E-state index contributed by atoms with van der Waals surface area (Å²) in [5, 5.41) is 2.77. The molecule has 1 heteroatoms. The third-order valence-electron chi connectivity index (χ3n) is 6.70. The maximum Gasteiger partial charge on any atom is 0.167 e. The van der Waals surface area contributed by atoms with E-state index in [4.69, 9.17) is 0 Å². The number of Topliss-reactive ketones (excluding diaryl/α,β-unsaturated/α-hetero) is 1. The number of carbonyl (C=O) groups is 1. The zero-order chi connectivity index (χ0) is 15.8. The van der Waals surface area contributed by atoms with Gasteiger partial charge in [0.05, 0.1) is 0 Å². The van der Waals surface area contributed by atoms with E-state index in [1.165, 1.54) is 33.9 Å². The fourth-order valence-electron chi connectivity index (χ4n) is 5.88. The summed E-state index contributed by atoms with van der Waals surface area (Å²) in [4.78, 5) is 13.2. The molecule has 1 saturated carbocycles. The van der Waals surface area contributed by atoms with E-state index in [0.29, 0.717) is 23.5 Å². The van der Waals surface area contributed by atoms with Crippen molar-refractivity contribution in [3.63, 3.8) is 0 Å². The first-order valence-electron chi connectivity index (χ1n) is 8.99. The molecule has 0 spiro atoms. The Morgan fingerprint density at radius 1 is 0.667 bits per heavy atom. The molecular formula is C23H18O. The zero-order valence-electron chi connectivity index (χ0n) is 13.4. The number of fused-ring (bicyclic) bond motifs is 3. The van der Waals surface area contributed by atoms with E-state index in [0.717, 1.165) is 12.0 Å². The van der Waals surface area contributed by atoms with E-state index in [2.05, 4.69) is 48.5 Å². The summed E-state index contributed by atoms with van der Waals surface area (Å²) in [6.45, 7) is 0. The van der Waals surface area contributed by atoms with Gasteiger partial charge in [0.25, 0.3) is 0 Å². The summed E-state index contributed by atoms with van der Waals surface area (Å²) < 4.78 is 0. The second-order valence-corrected chi connectivity index (χ2v) is 7.59. The Morgan fingerprint density at radius 2 is 1.29 bits per heavy atom. The number of hydrogen-bond acceptors (Lipinski definition) is 1. The van der Waals surface area contributed by atoms with Gasteiger partial charge < -0.3 is 0 Å². The van der Waals surface area contributed by atoms with Crippen LogP contribution < -0.4 is 0 Å². The molecule has 0 amide bonds. The first-order valence-corrected chi connectivity index (χ1v) is 8.99. The van der Waals surface area contributed by atoms with E-state index in [-0.39, 0.29) is 5.92 Å². The molecule has 4 unspecified atom stereocenters. The Morgan fingerprint density at radius 3 is 2.04 bits per heavy atom. The lowest BCUT2D eigenvalue weighted by Gasteiger charge is -2.36. The molecule has 0 aromatic heterocycles. The third-order valence-corrected chi connectivity index (χ3v) is 6.70. The predicted octanol–water partition coefficient (Wildman–Crippen LogP) is 5.41. The highest BCUT2D eigenvalue weighted by molar-refractivity contribution is 6.05. The zero-order valence-corrected chi connectivity index (χ0v) is 13.4. The van der Waals surface area contributed by atoms with Gasteiger partial charge in [-0.25, -0.2) is 0 Å². The molecule has 0 radical (unpaired) electrons. The topological polar surface area (TPSA) is 17.1 Å². The van der Waals surface area contributed by atoms with Crippen molar-refractivity contribution in [1.29, 1.82) is 0 Å². The highest BCUT2D eigenvalue weighted by atomic mass is 16.1. The average molecular weight is 310 g/mol. The number of ketones is 1. The maximum atomic E-state index is 13.2. The van der Waals surface area contributed by atoms with E-state index in [9.17, 15) is 4.79 Å². The second kappa shape index (κ2) is 4.36. The molecule has 1 fully saturated rings. The summed E-state index contributed by atoms with van der Waals surface area (Å²) in [6, 6.07) is 21.7. The van der Waals surface area contributed by atoms with Gasteiger partial charge >= 0.3 is 0 Å². The summed E-state index contributed by atoms with van der Waals surface area (Å²) >= 11 is 0. The Bertz CT molecular complexity index is 1010. The van der Waals surface area contributed by atoms with Crippen LogP contribution in [0, 0.1) is 5.92 Å². The van der Waals surface area contributed by atoms with Crippen LogP contribution in [0.2, 0.25) is 0 Å². The Hall–Kier alpha value is -2.41. The van der Waals surface area contributed by atoms with Gasteiger partial charge in [-0.05, 0) is 52.1 Å². The quantitative estimate of drug-likeness (QED) is 0.542. The molecular weight excluding hydrogens is 292 g/mol. The minimum Gasteiger partial charge on any atom is -0.294 e. The molecule has 3 aliphatic carbocycles. The van der Waals surface area contributed by atoms with Crippen LogP contribution >= 0.6 is 0 Å². The van der Waals surface area contributed by atoms with Crippen molar-refractivity contribution < 1.29 is 4.79 Å². The number of benzene rings is 3. The van der Waals surface area contributed by atoms with Crippen LogP contribution in [-0.2, 0) is 0 Å². The van der Waals surface area contributed by atoms with Gasteiger partial charge in [-0.15, -0.1) is 0 Å². The largest absolute Gasteiger partial charge is 0.294 e. The van der Waals surface area contributed by atoms with Crippen molar-refractivity contribution in [1.82, 2.24) is 0 Å². The Kier molecular flexibility index (Phi) is 2.35. The van der Waals surface area contributed by atoms with Crippen molar-refractivity contribution in [2.45, 2.75) is 30.6 Å². The monoisotopic (exact) mass is 310 g/mol. The number of rotatable bonds is 0. The molecule has 0 heterocycles. The van der Waals surface area contributed by atoms with Gasteiger partial charge in [0.1, 0.15) is 0 Å². The van der Waals surface area contributed by atoms with Crippen LogP contribution in [0.25, 0.3) is 10.8 Å². The first-order chi connectivity index (χ1) is 11.8. The molecule has 0 saturated heterocycles. The van der Waals surface area contributed by atoms with Gasteiger partial charge in [-0.1, -0.05) is 60.7 Å². The normalized spacial score (nSPS) is 29.4. The number of carbonyl (C=O) groups excluding carboxylic acids is 1. The molecule has 6 rings (SSSR count). The van der Waals surface area contributed by atoms with Crippen LogP contribution in [0.3, 0.4) is 0 Å². The lowest BCUT2D eigenvalue weighted by atomic mass is 9.66. The van der Waals surface area contributed by atoms with E-state index in [1.807, 2.05) is 12.1 Å². The maximum absolute atomic E-state index is 13.2. The van der Waals surface area contributed by atoms with Gasteiger partial charge in [0.15, 0.2) is 5.78 Å². The summed E-state index contributed by atoms with van der Waals surface area (Å²) in [6.07, 6.45) is 2.33.